The van der Waals surface area contributed by atoms with Crippen LogP contribution in [0.3, 0.4) is 0 Å². The van der Waals surface area contributed by atoms with Crippen LogP contribution in [-0.2, 0) is 6.42 Å². The van der Waals surface area contributed by atoms with E-state index in [1.54, 1.807) is 7.11 Å². The van der Waals surface area contributed by atoms with Crippen LogP contribution in [0.2, 0.25) is 0 Å². The summed E-state index contributed by atoms with van der Waals surface area (Å²) < 4.78 is 5.32. The molecule has 0 fully saturated rings. The van der Waals surface area contributed by atoms with Crippen LogP contribution < -0.4 is 4.74 Å². The highest BCUT2D eigenvalue weighted by Gasteiger charge is 2.03. The van der Waals surface area contributed by atoms with Crippen molar-refractivity contribution in [2.24, 2.45) is 0 Å². The van der Waals surface area contributed by atoms with Gasteiger partial charge < -0.3 is 4.74 Å². The van der Waals surface area contributed by atoms with E-state index in [1.165, 1.54) is 11.1 Å². The van der Waals surface area contributed by atoms with Gasteiger partial charge in [0.15, 0.2) is 0 Å². The lowest BCUT2D eigenvalue weighted by Crippen LogP contribution is -1.93. The average molecular weight is 190 g/mol. The quantitative estimate of drug-likeness (QED) is 0.703. The summed E-state index contributed by atoms with van der Waals surface area (Å²) in [6.45, 7) is 4.30. The van der Waals surface area contributed by atoms with Crippen LogP contribution >= 0.6 is 0 Å². The molecule has 0 spiro atoms. The molecule has 1 rings (SSSR count). The Bertz CT molecular complexity index is 313. The van der Waals surface area contributed by atoms with Gasteiger partial charge in [0.05, 0.1) is 7.11 Å². The maximum atomic E-state index is 5.32. The summed E-state index contributed by atoms with van der Waals surface area (Å²) in [7, 11) is 1.72. The maximum Gasteiger partial charge on any atom is 0.122 e. The molecule has 0 aliphatic carbocycles. The molecule has 1 nitrogen and oxygen atoms in total. The Morgan fingerprint density at radius 3 is 2.64 bits per heavy atom. The van der Waals surface area contributed by atoms with Crippen molar-refractivity contribution in [3.8, 4) is 5.75 Å². The molecule has 0 atom stereocenters. The van der Waals surface area contributed by atoms with Gasteiger partial charge in [-0.25, -0.2) is 0 Å². The van der Waals surface area contributed by atoms with E-state index in [-0.39, 0.29) is 0 Å². The van der Waals surface area contributed by atoms with Crippen molar-refractivity contribution in [1.82, 2.24) is 0 Å². The smallest absolute Gasteiger partial charge is 0.122 e. The maximum absolute atomic E-state index is 5.32. The predicted molar refractivity (Wildman–Crippen MR) is 61.7 cm³/mol. The van der Waals surface area contributed by atoms with E-state index in [0.717, 1.165) is 18.6 Å². The van der Waals surface area contributed by atoms with Crippen molar-refractivity contribution in [2.45, 2.75) is 26.7 Å². The number of methoxy groups -OCH3 is 1. The molecule has 0 unspecified atom stereocenters. The fourth-order valence-corrected chi connectivity index (χ4v) is 1.55. The van der Waals surface area contributed by atoms with E-state index in [2.05, 4.69) is 32.1 Å². The van der Waals surface area contributed by atoms with Gasteiger partial charge >= 0.3 is 0 Å². The zero-order valence-electron chi connectivity index (χ0n) is 9.21. The molecule has 0 amide bonds. The lowest BCUT2D eigenvalue weighted by atomic mass is 10.0. The topological polar surface area (TPSA) is 9.23 Å². The predicted octanol–water partition coefficient (Wildman–Crippen LogP) is 3.68. The highest BCUT2D eigenvalue weighted by atomic mass is 16.5. The van der Waals surface area contributed by atoms with Crippen molar-refractivity contribution in [3.63, 3.8) is 0 Å². The molecule has 0 heterocycles. The molecule has 0 bridgehead atoms. The van der Waals surface area contributed by atoms with Gasteiger partial charge in [-0.1, -0.05) is 38.1 Å². The van der Waals surface area contributed by atoms with Gasteiger partial charge in [-0.3, -0.25) is 0 Å². The Morgan fingerprint density at radius 1 is 1.29 bits per heavy atom. The molecule has 0 saturated heterocycles. The van der Waals surface area contributed by atoms with E-state index in [4.69, 9.17) is 4.74 Å². The van der Waals surface area contributed by atoms with Crippen LogP contribution in [0.1, 0.15) is 31.4 Å². The lowest BCUT2D eigenvalue weighted by molar-refractivity contribution is 0.410. The number of benzene rings is 1. The highest BCUT2D eigenvalue weighted by molar-refractivity contribution is 5.58. The largest absolute Gasteiger partial charge is 0.496 e. The first-order valence-corrected chi connectivity index (χ1v) is 5.15. The minimum atomic E-state index is 0.991. The molecule has 14 heavy (non-hydrogen) atoms. The Hall–Kier alpha value is -1.24. The zero-order valence-corrected chi connectivity index (χ0v) is 9.21. The fraction of sp³-hybridized carbons (Fsp3) is 0.385. The van der Waals surface area contributed by atoms with E-state index < -0.39 is 0 Å². The molecule has 0 aliphatic rings. The minimum absolute atomic E-state index is 0.991. The average Bonchev–Trinajstić information content (AvgIpc) is 2.25. The van der Waals surface area contributed by atoms with Gasteiger partial charge in [-0.05, 0) is 24.5 Å². The lowest BCUT2D eigenvalue weighted by Gasteiger charge is -2.09. The third-order valence-corrected chi connectivity index (χ3v) is 2.28. The number of allylic oxidation sites excluding steroid dienone is 1. The number of hydrogen-bond acceptors (Lipinski definition) is 1. The molecule has 0 aliphatic heterocycles. The molecular formula is C13H18O. The van der Waals surface area contributed by atoms with E-state index in [1.807, 2.05) is 12.1 Å². The molecule has 1 aromatic carbocycles. The second-order valence-electron chi connectivity index (χ2n) is 3.19. The van der Waals surface area contributed by atoms with E-state index in [9.17, 15) is 0 Å². The monoisotopic (exact) mass is 190 g/mol. The summed E-state index contributed by atoms with van der Waals surface area (Å²) in [6, 6.07) is 6.18. The third-order valence-electron chi connectivity index (χ3n) is 2.28. The Labute approximate surface area is 86.4 Å². The van der Waals surface area contributed by atoms with Crippen LogP contribution in [0.5, 0.6) is 5.75 Å². The summed E-state index contributed by atoms with van der Waals surface area (Å²) in [4.78, 5) is 0. The minimum Gasteiger partial charge on any atom is -0.496 e. The summed E-state index contributed by atoms with van der Waals surface area (Å²) in [5.74, 6) is 0.991. The van der Waals surface area contributed by atoms with Gasteiger partial charge in [0.25, 0.3) is 0 Å². The van der Waals surface area contributed by atoms with Crippen molar-refractivity contribution in [1.29, 1.82) is 0 Å². The van der Waals surface area contributed by atoms with Crippen LogP contribution in [0.4, 0.5) is 0 Å². The second-order valence-corrected chi connectivity index (χ2v) is 3.19. The molecule has 0 N–H and O–H groups in total. The molecule has 0 aromatic heterocycles. The fourth-order valence-electron chi connectivity index (χ4n) is 1.55. The first kappa shape index (κ1) is 10.8. The van der Waals surface area contributed by atoms with Crippen LogP contribution in [-0.4, -0.2) is 7.11 Å². The van der Waals surface area contributed by atoms with Crippen LogP contribution in [0.25, 0.3) is 6.08 Å². The van der Waals surface area contributed by atoms with Gasteiger partial charge in [0.1, 0.15) is 5.75 Å². The third kappa shape index (κ3) is 2.38. The molecular weight excluding hydrogens is 172 g/mol. The molecule has 76 valence electrons. The summed E-state index contributed by atoms with van der Waals surface area (Å²) in [5.41, 5.74) is 2.56. The van der Waals surface area contributed by atoms with Crippen molar-refractivity contribution in [2.75, 3.05) is 7.11 Å². The van der Waals surface area contributed by atoms with Gasteiger partial charge in [0, 0.05) is 5.56 Å². The number of ether oxygens (including phenoxy) is 1. The van der Waals surface area contributed by atoms with Gasteiger partial charge in [-0.15, -0.1) is 0 Å². The first-order chi connectivity index (χ1) is 6.83. The molecule has 0 radical (unpaired) electrons. The number of hydrogen-bond donors (Lipinski definition) is 0. The Morgan fingerprint density at radius 2 is 2.07 bits per heavy atom. The van der Waals surface area contributed by atoms with Crippen LogP contribution in [0, 0.1) is 0 Å². The van der Waals surface area contributed by atoms with E-state index in [0.29, 0.717) is 0 Å². The standard InChI is InChI=1S/C13H18O/c1-4-6-8-11-9-7-10-13(14-3)12(11)5-2/h6-10H,4-5H2,1-3H3. The molecule has 0 saturated carbocycles. The van der Waals surface area contributed by atoms with Crippen molar-refractivity contribution in [3.05, 3.63) is 35.4 Å². The molecule has 1 aromatic rings. The molecule has 1 heteroatoms. The zero-order chi connectivity index (χ0) is 10.4. The highest BCUT2D eigenvalue weighted by Crippen LogP contribution is 2.23. The van der Waals surface area contributed by atoms with Gasteiger partial charge in [-0.2, -0.15) is 0 Å². The van der Waals surface area contributed by atoms with Crippen molar-refractivity contribution >= 4 is 6.08 Å². The van der Waals surface area contributed by atoms with Crippen LogP contribution in [0.15, 0.2) is 24.3 Å². The second kappa shape index (κ2) is 5.48. The Kier molecular flexibility index (Phi) is 4.24. The number of rotatable bonds is 4. The summed E-state index contributed by atoms with van der Waals surface area (Å²) in [6.07, 6.45) is 6.42. The first-order valence-electron chi connectivity index (χ1n) is 5.15. The van der Waals surface area contributed by atoms with Gasteiger partial charge in [0.2, 0.25) is 0 Å². The SMILES string of the molecule is CCC=Cc1cccc(OC)c1CC. The summed E-state index contributed by atoms with van der Waals surface area (Å²) in [5, 5.41) is 0. The summed E-state index contributed by atoms with van der Waals surface area (Å²) >= 11 is 0. The normalized spacial score (nSPS) is 10.8. The van der Waals surface area contributed by atoms with Crippen molar-refractivity contribution < 1.29 is 4.74 Å². The van der Waals surface area contributed by atoms with E-state index >= 15 is 0 Å². The Balaban J connectivity index is 3.08.